The van der Waals surface area contributed by atoms with E-state index in [1.807, 2.05) is 0 Å². The van der Waals surface area contributed by atoms with Crippen molar-refractivity contribution in [1.29, 1.82) is 0 Å². The Labute approximate surface area is 97.4 Å². The molecule has 0 saturated heterocycles. The van der Waals surface area contributed by atoms with Crippen LogP contribution < -0.4 is 10.5 Å². The first kappa shape index (κ1) is 11.5. The summed E-state index contributed by atoms with van der Waals surface area (Å²) in [6, 6.07) is 4.00. The predicted molar refractivity (Wildman–Crippen MR) is 57.6 cm³/mol. The van der Waals surface area contributed by atoms with Crippen LogP contribution in [0.15, 0.2) is 29.1 Å². The molecule has 90 valence electrons. The van der Waals surface area contributed by atoms with Gasteiger partial charge in [0.1, 0.15) is 11.6 Å². The Bertz CT molecular complexity index is 485. The van der Waals surface area contributed by atoms with E-state index in [2.05, 4.69) is 14.7 Å². The number of nitrogens with zero attached hydrogens (tertiary/aromatic N) is 2. The van der Waals surface area contributed by atoms with Crippen LogP contribution in [0.1, 0.15) is 24.4 Å². The minimum Gasteiger partial charge on any atom is -0.485 e. The number of hydrogen-bond acceptors (Lipinski definition) is 5. The molecular weight excluding hydrogens is 225 g/mol. The van der Waals surface area contributed by atoms with E-state index in [0.717, 1.165) is 5.56 Å². The molecule has 1 atom stereocenters. The van der Waals surface area contributed by atoms with Crippen LogP contribution in [-0.4, -0.2) is 10.1 Å². The van der Waals surface area contributed by atoms with Crippen molar-refractivity contribution < 1.29 is 13.7 Å². The molecular formula is C11H12FN3O2. The summed E-state index contributed by atoms with van der Waals surface area (Å²) >= 11 is 0. The third-order valence-corrected chi connectivity index (χ3v) is 2.23. The summed E-state index contributed by atoms with van der Waals surface area (Å²) in [5, 5.41) is 3.59. The van der Waals surface area contributed by atoms with E-state index in [4.69, 9.17) is 10.5 Å². The average molecular weight is 237 g/mol. The lowest BCUT2D eigenvalue weighted by Crippen LogP contribution is -2.08. The maximum Gasteiger partial charge on any atom is 0.213 e. The molecule has 6 heteroatoms. The van der Waals surface area contributed by atoms with Crippen LogP contribution >= 0.6 is 0 Å². The van der Waals surface area contributed by atoms with Gasteiger partial charge in [-0.1, -0.05) is 11.2 Å². The first-order chi connectivity index (χ1) is 8.16. The van der Waals surface area contributed by atoms with Crippen LogP contribution in [0.2, 0.25) is 0 Å². The Balaban J connectivity index is 2.16. The van der Waals surface area contributed by atoms with Gasteiger partial charge in [0.05, 0.1) is 0 Å². The fraction of sp³-hybridized carbons (Fsp3) is 0.273. The first-order valence-electron chi connectivity index (χ1n) is 5.10. The molecule has 0 saturated carbocycles. The quantitative estimate of drug-likeness (QED) is 0.877. The molecule has 1 unspecified atom stereocenters. The molecule has 0 radical (unpaired) electrons. The Morgan fingerprint density at radius 2 is 2.35 bits per heavy atom. The highest BCUT2D eigenvalue weighted by atomic mass is 19.1. The topological polar surface area (TPSA) is 74.2 Å². The average Bonchev–Trinajstić information content (AvgIpc) is 2.78. The second-order valence-electron chi connectivity index (χ2n) is 3.61. The minimum atomic E-state index is -0.377. The Kier molecular flexibility index (Phi) is 3.34. The number of nitrogens with two attached hydrogens (primary N) is 1. The number of ether oxygens (including phenoxy) is 1. The summed E-state index contributed by atoms with van der Waals surface area (Å²) < 4.78 is 23.1. The van der Waals surface area contributed by atoms with Crippen LogP contribution in [-0.2, 0) is 6.61 Å². The van der Waals surface area contributed by atoms with Crippen molar-refractivity contribution in [3.63, 3.8) is 0 Å². The summed E-state index contributed by atoms with van der Waals surface area (Å²) in [4.78, 5) is 3.80. The monoisotopic (exact) mass is 237 g/mol. The van der Waals surface area contributed by atoms with E-state index in [-0.39, 0.29) is 18.5 Å². The lowest BCUT2D eigenvalue weighted by molar-refractivity contribution is 0.281. The van der Waals surface area contributed by atoms with Crippen molar-refractivity contribution in [3.05, 3.63) is 41.8 Å². The summed E-state index contributed by atoms with van der Waals surface area (Å²) in [6.07, 6.45) is 1.21. The van der Waals surface area contributed by atoms with E-state index in [1.54, 1.807) is 13.0 Å². The van der Waals surface area contributed by atoms with Crippen molar-refractivity contribution in [2.75, 3.05) is 0 Å². The molecule has 0 amide bonds. The molecule has 1 heterocycles. The van der Waals surface area contributed by atoms with Gasteiger partial charge in [0.25, 0.3) is 0 Å². The zero-order chi connectivity index (χ0) is 12.3. The van der Waals surface area contributed by atoms with Crippen LogP contribution in [0, 0.1) is 5.82 Å². The smallest absolute Gasteiger partial charge is 0.213 e. The van der Waals surface area contributed by atoms with E-state index < -0.39 is 0 Å². The molecule has 5 nitrogen and oxygen atoms in total. The van der Waals surface area contributed by atoms with Crippen LogP contribution in [0.25, 0.3) is 0 Å². The lowest BCUT2D eigenvalue weighted by Gasteiger charge is -2.12. The minimum absolute atomic E-state index is 0.111. The van der Waals surface area contributed by atoms with Crippen molar-refractivity contribution in [2.45, 2.75) is 19.6 Å². The van der Waals surface area contributed by atoms with Crippen molar-refractivity contribution in [3.8, 4) is 5.75 Å². The molecule has 0 aliphatic carbocycles. The van der Waals surface area contributed by atoms with Gasteiger partial charge in [-0.3, -0.25) is 0 Å². The fourth-order valence-corrected chi connectivity index (χ4v) is 1.41. The third-order valence-electron chi connectivity index (χ3n) is 2.23. The Hall–Kier alpha value is -1.95. The Morgan fingerprint density at radius 1 is 1.53 bits per heavy atom. The van der Waals surface area contributed by atoms with Gasteiger partial charge in [-0.05, 0) is 13.0 Å². The summed E-state index contributed by atoms with van der Waals surface area (Å²) in [7, 11) is 0. The highest BCUT2D eigenvalue weighted by molar-refractivity contribution is 5.36. The molecule has 1 aromatic heterocycles. The molecule has 0 aliphatic rings. The molecule has 0 spiro atoms. The van der Waals surface area contributed by atoms with Gasteiger partial charge in [0.2, 0.25) is 12.2 Å². The molecule has 2 N–H and O–H groups in total. The van der Waals surface area contributed by atoms with E-state index in [1.165, 1.54) is 18.5 Å². The second kappa shape index (κ2) is 4.92. The maximum atomic E-state index is 13.1. The zero-order valence-corrected chi connectivity index (χ0v) is 9.26. The largest absolute Gasteiger partial charge is 0.485 e. The molecule has 0 fully saturated rings. The lowest BCUT2D eigenvalue weighted by atomic mass is 10.1. The number of benzene rings is 1. The maximum absolute atomic E-state index is 13.1. The van der Waals surface area contributed by atoms with Crippen molar-refractivity contribution in [1.82, 2.24) is 10.1 Å². The van der Waals surface area contributed by atoms with E-state index in [9.17, 15) is 4.39 Å². The number of halogens is 1. The molecule has 2 rings (SSSR count). The summed E-state index contributed by atoms with van der Waals surface area (Å²) in [5.74, 6) is 0.409. The van der Waals surface area contributed by atoms with E-state index in [0.29, 0.717) is 11.6 Å². The standard InChI is InChI=1S/C11H12FN3O2/c1-7(13)9-3-2-8(12)4-10(9)16-5-11-14-6-17-15-11/h2-4,6-7H,5,13H2,1H3. The normalized spacial score (nSPS) is 12.4. The van der Waals surface area contributed by atoms with Crippen molar-refractivity contribution in [2.24, 2.45) is 5.73 Å². The van der Waals surface area contributed by atoms with Gasteiger partial charge in [-0.25, -0.2) is 4.39 Å². The number of aromatic nitrogens is 2. The summed E-state index contributed by atoms with van der Waals surface area (Å²) in [5.41, 5.74) is 6.49. The van der Waals surface area contributed by atoms with Crippen molar-refractivity contribution >= 4 is 0 Å². The number of rotatable bonds is 4. The molecule has 1 aromatic carbocycles. The van der Waals surface area contributed by atoms with Gasteiger partial charge in [0, 0.05) is 17.7 Å². The van der Waals surface area contributed by atoms with Gasteiger partial charge in [0.15, 0.2) is 6.61 Å². The zero-order valence-electron chi connectivity index (χ0n) is 9.26. The fourth-order valence-electron chi connectivity index (χ4n) is 1.41. The van der Waals surface area contributed by atoms with Gasteiger partial charge in [-0.2, -0.15) is 4.98 Å². The van der Waals surface area contributed by atoms with Gasteiger partial charge in [-0.15, -0.1) is 0 Å². The predicted octanol–water partition coefficient (Wildman–Crippen LogP) is 1.81. The molecule has 0 bridgehead atoms. The highest BCUT2D eigenvalue weighted by Gasteiger charge is 2.10. The van der Waals surface area contributed by atoms with Gasteiger partial charge < -0.3 is 15.0 Å². The highest BCUT2D eigenvalue weighted by Crippen LogP contribution is 2.25. The van der Waals surface area contributed by atoms with Crippen LogP contribution in [0.5, 0.6) is 5.75 Å². The third kappa shape index (κ3) is 2.79. The first-order valence-corrected chi connectivity index (χ1v) is 5.10. The number of hydrogen-bond donors (Lipinski definition) is 1. The van der Waals surface area contributed by atoms with Gasteiger partial charge >= 0.3 is 0 Å². The molecule has 2 aromatic rings. The Morgan fingerprint density at radius 3 is 3.00 bits per heavy atom. The molecule has 0 aliphatic heterocycles. The summed E-state index contributed by atoms with van der Waals surface area (Å²) in [6.45, 7) is 1.91. The SMILES string of the molecule is CC(N)c1ccc(F)cc1OCc1ncon1. The van der Waals surface area contributed by atoms with Crippen LogP contribution in [0.4, 0.5) is 4.39 Å². The van der Waals surface area contributed by atoms with E-state index >= 15 is 0 Å². The second-order valence-corrected chi connectivity index (χ2v) is 3.61. The van der Waals surface area contributed by atoms with Crippen LogP contribution in [0.3, 0.4) is 0 Å². The molecule has 17 heavy (non-hydrogen) atoms.